The average Bonchev–Trinajstić information content (AvgIpc) is 2.76. The summed E-state index contributed by atoms with van der Waals surface area (Å²) >= 11 is 0. The summed E-state index contributed by atoms with van der Waals surface area (Å²) in [5, 5.41) is 0.803. The Hall–Kier alpha value is -2.95. The number of nitrogens with zero attached hydrogens (tertiary/aromatic N) is 3. The second-order valence-electron chi connectivity index (χ2n) is 7.35. The minimum Gasteiger partial charge on any atom is -0.338 e. The van der Waals surface area contributed by atoms with Gasteiger partial charge < -0.3 is 4.90 Å². The van der Waals surface area contributed by atoms with Gasteiger partial charge in [0.15, 0.2) is 0 Å². The zero-order valence-electron chi connectivity index (χ0n) is 17.3. The molecule has 0 unspecified atom stereocenters. The molecule has 0 spiro atoms. The lowest BCUT2D eigenvalue weighted by molar-refractivity contribution is 0.0749. The molecule has 3 rings (SSSR count). The zero-order valence-corrected chi connectivity index (χ0v) is 17.3. The summed E-state index contributed by atoms with van der Waals surface area (Å²) in [6.45, 7) is 5.96. The van der Waals surface area contributed by atoms with Crippen LogP contribution in [0.4, 0.5) is 0 Å². The van der Waals surface area contributed by atoms with Crippen LogP contribution in [0.2, 0.25) is 0 Å². The predicted molar refractivity (Wildman–Crippen MR) is 117 cm³/mol. The molecule has 0 saturated heterocycles. The first-order valence-corrected chi connectivity index (χ1v) is 10.5. The number of pyridine rings is 2. The van der Waals surface area contributed by atoms with Crippen molar-refractivity contribution in [3.63, 3.8) is 0 Å². The van der Waals surface area contributed by atoms with Crippen LogP contribution in [-0.2, 0) is 6.54 Å². The van der Waals surface area contributed by atoms with E-state index in [4.69, 9.17) is 0 Å². The van der Waals surface area contributed by atoms with Gasteiger partial charge in [-0.15, -0.1) is 0 Å². The summed E-state index contributed by atoms with van der Waals surface area (Å²) in [7, 11) is 0. The fourth-order valence-corrected chi connectivity index (χ4v) is 3.46. The van der Waals surface area contributed by atoms with Crippen LogP contribution in [0, 0.1) is 0 Å². The third-order valence-electron chi connectivity index (χ3n) is 5.11. The Kier molecular flexibility index (Phi) is 7.17. The van der Waals surface area contributed by atoms with Crippen molar-refractivity contribution in [3.05, 3.63) is 76.2 Å². The van der Waals surface area contributed by atoms with Crippen molar-refractivity contribution in [3.8, 4) is 0 Å². The van der Waals surface area contributed by atoms with Gasteiger partial charge in [-0.25, -0.2) is 4.98 Å². The highest BCUT2D eigenvalue weighted by Crippen LogP contribution is 2.15. The maximum absolute atomic E-state index is 13.4. The number of unbranched alkanes of at least 4 members (excludes halogenated alkanes) is 2. The minimum absolute atomic E-state index is 0.176. The van der Waals surface area contributed by atoms with Gasteiger partial charge in [-0.05, 0) is 36.6 Å². The summed E-state index contributed by atoms with van der Waals surface area (Å²) in [4.78, 5) is 32.9. The second kappa shape index (κ2) is 10.0. The molecule has 29 heavy (non-hydrogen) atoms. The Morgan fingerprint density at radius 3 is 2.34 bits per heavy atom. The van der Waals surface area contributed by atoms with E-state index in [2.05, 4.69) is 18.8 Å². The standard InChI is InChI=1S/C24H29N3O2/c1-3-5-15-26(16-6-4-2)23(28)21-17-20-13-10-14-25-22(20)27(24(21)29)18-19-11-8-7-9-12-19/h7-14,17H,3-6,15-16,18H2,1-2H3. The van der Waals surface area contributed by atoms with Gasteiger partial charge in [0.2, 0.25) is 0 Å². The number of carbonyl (C=O) groups is 1. The highest BCUT2D eigenvalue weighted by Gasteiger charge is 2.21. The second-order valence-corrected chi connectivity index (χ2v) is 7.35. The van der Waals surface area contributed by atoms with E-state index in [1.54, 1.807) is 16.8 Å². The molecule has 0 saturated carbocycles. The average molecular weight is 392 g/mol. The lowest BCUT2D eigenvalue weighted by Gasteiger charge is -2.23. The zero-order chi connectivity index (χ0) is 20.6. The van der Waals surface area contributed by atoms with Crippen LogP contribution in [0.1, 0.15) is 55.5 Å². The molecule has 1 aromatic carbocycles. The molecule has 0 aliphatic carbocycles. The molecule has 5 nitrogen and oxygen atoms in total. The first-order valence-electron chi connectivity index (χ1n) is 10.5. The van der Waals surface area contributed by atoms with E-state index in [9.17, 15) is 9.59 Å². The van der Waals surface area contributed by atoms with E-state index in [0.717, 1.165) is 36.6 Å². The number of amides is 1. The van der Waals surface area contributed by atoms with Crippen LogP contribution in [0.5, 0.6) is 0 Å². The molecule has 2 heterocycles. The molecule has 0 N–H and O–H groups in total. The number of fused-ring (bicyclic) bond motifs is 1. The summed E-state index contributed by atoms with van der Waals surface area (Å²) in [5.74, 6) is -0.176. The Bertz CT molecular complexity index is 1000. The largest absolute Gasteiger partial charge is 0.338 e. The van der Waals surface area contributed by atoms with Crippen LogP contribution in [0.3, 0.4) is 0 Å². The molecule has 0 bridgehead atoms. The van der Waals surface area contributed by atoms with Gasteiger partial charge in [-0.3, -0.25) is 14.2 Å². The minimum atomic E-state index is -0.275. The molecular formula is C24H29N3O2. The van der Waals surface area contributed by atoms with E-state index in [1.807, 2.05) is 47.4 Å². The van der Waals surface area contributed by atoms with E-state index in [0.29, 0.717) is 25.3 Å². The van der Waals surface area contributed by atoms with Crippen molar-refractivity contribution in [2.45, 2.75) is 46.1 Å². The first-order chi connectivity index (χ1) is 14.2. The van der Waals surface area contributed by atoms with Gasteiger partial charge in [-0.2, -0.15) is 0 Å². The molecule has 152 valence electrons. The number of carbonyl (C=O) groups excluding carboxylic acids is 1. The Morgan fingerprint density at radius 1 is 1.00 bits per heavy atom. The van der Waals surface area contributed by atoms with Crippen molar-refractivity contribution in [2.75, 3.05) is 13.1 Å². The lowest BCUT2D eigenvalue weighted by Crippen LogP contribution is -2.38. The van der Waals surface area contributed by atoms with Crippen molar-refractivity contribution in [1.82, 2.24) is 14.5 Å². The highest BCUT2D eigenvalue weighted by molar-refractivity contribution is 5.97. The summed E-state index contributed by atoms with van der Waals surface area (Å²) in [5.41, 5.74) is 1.56. The van der Waals surface area contributed by atoms with Crippen LogP contribution >= 0.6 is 0 Å². The molecule has 0 aliphatic heterocycles. The smallest absolute Gasteiger partial charge is 0.265 e. The summed E-state index contributed by atoms with van der Waals surface area (Å²) in [6, 6.07) is 15.2. The third kappa shape index (κ3) is 4.91. The van der Waals surface area contributed by atoms with Gasteiger partial charge >= 0.3 is 0 Å². The molecule has 3 aromatic rings. The summed E-state index contributed by atoms with van der Waals surface area (Å²) < 4.78 is 1.62. The molecule has 0 fully saturated rings. The van der Waals surface area contributed by atoms with E-state index >= 15 is 0 Å². The number of benzene rings is 1. The highest BCUT2D eigenvalue weighted by atomic mass is 16.2. The topological polar surface area (TPSA) is 55.2 Å². The van der Waals surface area contributed by atoms with E-state index in [1.165, 1.54) is 0 Å². The maximum atomic E-state index is 13.4. The molecule has 1 amide bonds. The summed E-state index contributed by atoms with van der Waals surface area (Å²) in [6.07, 6.45) is 5.57. The monoisotopic (exact) mass is 391 g/mol. The van der Waals surface area contributed by atoms with Gasteiger partial charge in [0.1, 0.15) is 11.2 Å². The van der Waals surface area contributed by atoms with Gasteiger partial charge in [-0.1, -0.05) is 57.0 Å². The predicted octanol–water partition coefficient (Wildman–Crippen LogP) is 4.49. The Balaban J connectivity index is 2.06. The number of hydrogen-bond donors (Lipinski definition) is 0. The van der Waals surface area contributed by atoms with E-state index in [-0.39, 0.29) is 17.0 Å². The number of rotatable bonds is 9. The Labute approximate surface area is 172 Å². The molecule has 2 aromatic heterocycles. The fourth-order valence-electron chi connectivity index (χ4n) is 3.46. The quantitative estimate of drug-likeness (QED) is 0.540. The lowest BCUT2D eigenvalue weighted by atomic mass is 10.1. The number of aromatic nitrogens is 2. The molecule has 0 atom stereocenters. The number of hydrogen-bond acceptors (Lipinski definition) is 3. The van der Waals surface area contributed by atoms with Crippen LogP contribution in [0.25, 0.3) is 11.0 Å². The van der Waals surface area contributed by atoms with Crippen molar-refractivity contribution < 1.29 is 4.79 Å². The van der Waals surface area contributed by atoms with Gasteiger partial charge in [0.25, 0.3) is 11.5 Å². The molecule has 0 radical (unpaired) electrons. The van der Waals surface area contributed by atoms with Crippen molar-refractivity contribution in [2.24, 2.45) is 0 Å². The van der Waals surface area contributed by atoms with Crippen LogP contribution < -0.4 is 5.56 Å². The van der Waals surface area contributed by atoms with Gasteiger partial charge in [0.05, 0.1) is 6.54 Å². The van der Waals surface area contributed by atoms with Crippen molar-refractivity contribution in [1.29, 1.82) is 0 Å². The molecular weight excluding hydrogens is 362 g/mol. The maximum Gasteiger partial charge on any atom is 0.265 e. The fraction of sp³-hybridized carbons (Fsp3) is 0.375. The first kappa shape index (κ1) is 20.8. The Morgan fingerprint density at radius 2 is 1.69 bits per heavy atom. The van der Waals surface area contributed by atoms with Crippen LogP contribution in [-0.4, -0.2) is 33.4 Å². The van der Waals surface area contributed by atoms with Crippen LogP contribution in [0.15, 0.2) is 59.5 Å². The normalized spacial score (nSPS) is 11.0. The SMILES string of the molecule is CCCCN(CCCC)C(=O)c1cc2cccnc2n(Cc2ccccc2)c1=O. The van der Waals surface area contributed by atoms with E-state index < -0.39 is 0 Å². The molecule has 5 heteroatoms. The third-order valence-corrected chi connectivity index (χ3v) is 5.11. The van der Waals surface area contributed by atoms with Gasteiger partial charge in [0, 0.05) is 24.7 Å². The molecule has 0 aliphatic rings. The van der Waals surface area contributed by atoms with Crippen molar-refractivity contribution >= 4 is 16.9 Å².